The molecule has 1 saturated heterocycles. The number of nitrogens with zero attached hydrogens (tertiary/aromatic N) is 1. The molecule has 1 atom stereocenters. The Kier molecular flexibility index (Phi) is 5.64. The van der Waals surface area contributed by atoms with Crippen LogP contribution in [0.3, 0.4) is 0 Å². The SMILES string of the molecule is Cc1cc(C)cc(NC(=O)[C@@H]2CCCN(C(=O)c3cc(C)cc(C)c3)C2)c1. The van der Waals surface area contributed by atoms with Crippen LogP contribution in [0.2, 0.25) is 0 Å². The molecule has 0 spiro atoms. The van der Waals surface area contributed by atoms with Gasteiger partial charge in [0.1, 0.15) is 0 Å². The fraction of sp³-hybridized carbons (Fsp3) is 0.391. The molecule has 2 aromatic carbocycles. The standard InChI is InChI=1S/C23H28N2O2/c1-15-8-16(2)11-20(10-15)23(27)25-7-5-6-19(14-25)22(26)24-21-12-17(3)9-18(4)13-21/h8-13,19H,5-7,14H2,1-4H3,(H,24,26)/t19-/m1/s1. The highest BCUT2D eigenvalue weighted by molar-refractivity contribution is 5.96. The second kappa shape index (κ2) is 7.95. The lowest BCUT2D eigenvalue weighted by atomic mass is 9.96. The van der Waals surface area contributed by atoms with Crippen molar-refractivity contribution in [2.24, 2.45) is 5.92 Å². The van der Waals surface area contributed by atoms with E-state index < -0.39 is 0 Å². The van der Waals surface area contributed by atoms with Gasteiger partial charge in [0.05, 0.1) is 5.92 Å². The Bertz CT molecular complexity index is 832. The highest BCUT2D eigenvalue weighted by atomic mass is 16.2. The first kappa shape index (κ1) is 19.2. The monoisotopic (exact) mass is 364 g/mol. The van der Waals surface area contributed by atoms with Crippen molar-refractivity contribution in [1.29, 1.82) is 0 Å². The van der Waals surface area contributed by atoms with Gasteiger partial charge in [-0.15, -0.1) is 0 Å². The predicted molar refractivity (Wildman–Crippen MR) is 109 cm³/mol. The van der Waals surface area contributed by atoms with Crippen molar-refractivity contribution in [2.45, 2.75) is 40.5 Å². The van der Waals surface area contributed by atoms with E-state index in [1.807, 2.05) is 56.9 Å². The van der Waals surface area contributed by atoms with Gasteiger partial charge in [0, 0.05) is 24.3 Å². The predicted octanol–water partition coefficient (Wildman–Crippen LogP) is 4.41. The van der Waals surface area contributed by atoms with Gasteiger partial charge in [-0.05, 0) is 75.9 Å². The summed E-state index contributed by atoms with van der Waals surface area (Å²) in [5.41, 5.74) is 5.96. The lowest BCUT2D eigenvalue weighted by Gasteiger charge is -2.32. The third-order valence-corrected chi connectivity index (χ3v) is 5.04. The number of carbonyl (C=O) groups is 2. The Morgan fingerprint density at radius 1 is 0.889 bits per heavy atom. The van der Waals surface area contributed by atoms with Gasteiger partial charge in [-0.3, -0.25) is 9.59 Å². The van der Waals surface area contributed by atoms with Gasteiger partial charge < -0.3 is 10.2 Å². The number of piperidine rings is 1. The molecule has 1 fully saturated rings. The van der Waals surface area contributed by atoms with Crippen molar-refractivity contribution in [3.8, 4) is 0 Å². The van der Waals surface area contributed by atoms with Crippen molar-refractivity contribution in [1.82, 2.24) is 4.90 Å². The lowest BCUT2D eigenvalue weighted by molar-refractivity contribution is -0.121. The number of hydrogen-bond acceptors (Lipinski definition) is 2. The summed E-state index contributed by atoms with van der Waals surface area (Å²) >= 11 is 0. The van der Waals surface area contributed by atoms with E-state index in [4.69, 9.17) is 0 Å². The minimum atomic E-state index is -0.172. The summed E-state index contributed by atoms with van der Waals surface area (Å²) in [4.78, 5) is 27.5. The Hall–Kier alpha value is -2.62. The van der Waals surface area contributed by atoms with E-state index in [-0.39, 0.29) is 17.7 Å². The van der Waals surface area contributed by atoms with Crippen molar-refractivity contribution in [2.75, 3.05) is 18.4 Å². The minimum Gasteiger partial charge on any atom is -0.338 e. The molecule has 0 saturated carbocycles. The molecule has 1 aliphatic rings. The maximum absolute atomic E-state index is 12.9. The van der Waals surface area contributed by atoms with E-state index in [9.17, 15) is 9.59 Å². The van der Waals surface area contributed by atoms with Gasteiger partial charge in [-0.1, -0.05) is 23.3 Å². The number of carbonyl (C=O) groups excluding carboxylic acids is 2. The normalized spacial score (nSPS) is 16.9. The molecule has 2 aromatic rings. The van der Waals surface area contributed by atoms with E-state index in [1.165, 1.54) is 0 Å². The fourth-order valence-corrected chi connectivity index (χ4v) is 3.95. The maximum Gasteiger partial charge on any atom is 0.253 e. The van der Waals surface area contributed by atoms with Crippen molar-refractivity contribution < 1.29 is 9.59 Å². The average molecular weight is 364 g/mol. The first-order valence-electron chi connectivity index (χ1n) is 9.58. The first-order valence-corrected chi connectivity index (χ1v) is 9.58. The molecule has 0 aromatic heterocycles. The van der Waals surface area contributed by atoms with Crippen LogP contribution < -0.4 is 5.32 Å². The van der Waals surface area contributed by atoms with Crippen LogP contribution in [-0.2, 0) is 4.79 Å². The summed E-state index contributed by atoms with van der Waals surface area (Å²) in [6.45, 7) is 9.22. The van der Waals surface area contributed by atoms with Gasteiger partial charge in [0.15, 0.2) is 0 Å². The molecule has 1 aliphatic heterocycles. The molecule has 0 radical (unpaired) electrons. The van der Waals surface area contributed by atoms with Crippen LogP contribution in [0, 0.1) is 33.6 Å². The van der Waals surface area contributed by atoms with Crippen molar-refractivity contribution in [3.63, 3.8) is 0 Å². The summed E-state index contributed by atoms with van der Waals surface area (Å²) in [6, 6.07) is 12.0. The van der Waals surface area contributed by atoms with Crippen LogP contribution in [-0.4, -0.2) is 29.8 Å². The molecule has 1 N–H and O–H groups in total. The van der Waals surface area contributed by atoms with E-state index in [2.05, 4.69) is 17.4 Å². The highest BCUT2D eigenvalue weighted by Gasteiger charge is 2.29. The Morgan fingerprint density at radius 2 is 1.44 bits per heavy atom. The molecule has 3 rings (SSSR count). The molecule has 4 heteroatoms. The summed E-state index contributed by atoms with van der Waals surface area (Å²) in [7, 11) is 0. The molecular formula is C23H28N2O2. The molecule has 0 aliphatic carbocycles. The third-order valence-electron chi connectivity index (χ3n) is 5.04. The molecule has 27 heavy (non-hydrogen) atoms. The third kappa shape index (κ3) is 4.76. The van der Waals surface area contributed by atoms with E-state index in [0.717, 1.165) is 40.8 Å². The number of amides is 2. The molecule has 0 unspecified atom stereocenters. The second-order valence-electron chi connectivity index (χ2n) is 7.83. The summed E-state index contributed by atoms with van der Waals surface area (Å²) in [6.07, 6.45) is 1.66. The molecular weight excluding hydrogens is 336 g/mol. The van der Waals surface area contributed by atoms with E-state index >= 15 is 0 Å². The van der Waals surface area contributed by atoms with Gasteiger partial charge in [-0.25, -0.2) is 0 Å². The maximum atomic E-state index is 12.9. The average Bonchev–Trinajstić information content (AvgIpc) is 2.59. The first-order chi connectivity index (χ1) is 12.8. The molecule has 2 amide bonds. The van der Waals surface area contributed by atoms with Crippen molar-refractivity contribution in [3.05, 3.63) is 64.2 Å². The van der Waals surface area contributed by atoms with Crippen molar-refractivity contribution >= 4 is 17.5 Å². The Labute approximate surface area is 161 Å². The van der Waals surface area contributed by atoms with Gasteiger partial charge in [-0.2, -0.15) is 0 Å². The number of hydrogen-bond donors (Lipinski definition) is 1. The van der Waals surface area contributed by atoms with Gasteiger partial charge in [0.25, 0.3) is 5.91 Å². The number of aryl methyl sites for hydroxylation is 4. The summed E-state index contributed by atoms with van der Waals surface area (Å²) in [5, 5.41) is 3.03. The number of benzene rings is 2. The Balaban J connectivity index is 1.69. The zero-order valence-corrected chi connectivity index (χ0v) is 16.6. The van der Waals surface area contributed by atoms with Gasteiger partial charge >= 0.3 is 0 Å². The number of anilines is 1. The molecule has 1 heterocycles. The minimum absolute atomic E-state index is 0.00192. The smallest absolute Gasteiger partial charge is 0.253 e. The van der Waals surface area contributed by atoms with Crippen LogP contribution in [0.25, 0.3) is 0 Å². The number of likely N-dealkylation sites (tertiary alicyclic amines) is 1. The van der Waals surface area contributed by atoms with Crippen LogP contribution >= 0.6 is 0 Å². The second-order valence-corrected chi connectivity index (χ2v) is 7.83. The summed E-state index contributed by atoms with van der Waals surface area (Å²) < 4.78 is 0. The lowest BCUT2D eigenvalue weighted by Crippen LogP contribution is -2.43. The zero-order chi connectivity index (χ0) is 19.6. The van der Waals surface area contributed by atoms with Crippen LogP contribution in [0.15, 0.2) is 36.4 Å². The Morgan fingerprint density at radius 3 is 2.04 bits per heavy atom. The summed E-state index contributed by atoms with van der Waals surface area (Å²) in [5.74, 6) is -0.155. The van der Waals surface area contributed by atoms with E-state index in [1.54, 1.807) is 0 Å². The highest BCUT2D eigenvalue weighted by Crippen LogP contribution is 2.22. The molecule has 142 valence electrons. The topological polar surface area (TPSA) is 49.4 Å². The largest absolute Gasteiger partial charge is 0.338 e. The molecule has 0 bridgehead atoms. The van der Waals surface area contributed by atoms with Crippen LogP contribution in [0.1, 0.15) is 45.5 Å². The fourth-order valence-electron chi connectivity index (χ4n) is 3.95. The number of nitrogens with one attached hydrogen (secondary N) is 1. The number of rotatable bonds is 3. The van der Waals surface area contributed by atoms with Crippen LogP contribution in [0.4, 0.5) is 5.69 Å². The molecule has 4 nitrogen and oxygen atoms in total. The van der Waals surface area contributed by atoms with Crippen LogP contribution in [0.5, 0.6) is 0 Å². The van der Waals surface area contributed by atoms with Gasteiger partial charge in [0.2, 0.25) is 5.91 Å². The quantitative estimate of drug-likeness (QED) is 0.877. The zero-order valence-electron chi connectivity index (χ0n) is 16.6. The van der Waals surface area contributed by atoms with E-state index in [0.29, 0.717) is 18.7 Å².